The van der Waals surface area contributed by atoms with Crippen LogP contribution in [0.3, 0.4) is 0 Å². The zero-order chi connectivity index (χ0) is 45.1. The molecule has 7 aromatic rings. The molecule has 0 bridgehead atoms. The number of benzene rings is 6. The molecule has 0 fully saturated rings. The largest absolute Gasteiger partial charge is 0.488 e. The van der Waals surface area contributed by atoms with Gasteiger partial charge >= 0.3 is 0 Å². The van der Waals surface area contributed by atoms with Crippen molar-refractivity contribution < 1.29 is 41.1 Å². The molecular formula is C49H40Cl2F2N2O7S. The Morgan fingerprint density at radius 2 is 1.21 bits per heavy atom. The lowest BCUT2D eigenvalue weighted by molar-refractivity contribution is -0.117. The Kier molecular flexibility index (Phi) is 15.3. The molecule has 0 atom stereocenters. The fourth-order valence-corrected chi connectivity index (χ4v) is 7.60. The average Bonchev–Trinajstić information content (AvgIpc) is 3.66. The Balaban J connectivity index is 0.000000244. The molecule has 0 saturated carbocycles. The van der Waals surface area contributed by atoms with E-state index in [4.69, 9.17) is 32.7 Å². The molecule has 9 nitrogen and oxygen atoms in total. The van der Waals surface area contributed by atoms with Gasteiger partial charge in [0, 0.05) is 45.4 Å². The molecule has 0 radical (unpaired) electrons. The van der Waals surface area contributed by atoms with Gasteiger partial charge in [-0.15, -0.1) is 0 Å². The number of carbonyl (C=O) groups excluding carboxylic acids is 3. The smallest absolute Gasteiger partial charge is 0.264 e. The number of ketones is 2. The number of aryl methyl sites for hydroxylation is 1. The lowest BCUT2D eigenvalue weighted by Crippen LogP contribution is -2.30. The topological polar surface area (TPSA) is 121 Å². The monoisotopic (exact) mass is 908 g/mol. The number of amides is 1. The highest BCUT2D eigenvalue weighted by Gasteiger charge is 2.21. The molecule has 1 N–H and O–H groups in total. The van der Waals surface area contributed by atoms with Crippen LogP contribution in [0.1, 0.15) is 57.3 Å². The zero-order valence-electron chi connectivity index (χ0n) is 34.0. The van der Waals surface area contributed by atoms with E-state index >= 15 is 0 Å². The van der Waals surface area contributed by atoms with E-state index < -0.39 is 15.9 Å². The predicted molar refractivity (Wildman–Crippen MR) is 239 cm³/mol. The van der Waals surface area contributed by atoms with Gasteiger partial charge in [-0.2, -0.15) is 0 Å². The maximum Gasteiger partial charge on any atom is 0.264 e. The third-order valence-electron chi connectivity index (χ3n) is 9.52. The number of hydrogen-bond acceptors (Lipinski definition) is 7. The van der Waals surface area contributed by atoms with Gasteiger partial charge in [0.05, 0.1) is 16.2 Å². The number of carbonyl (C=O) groups is 3. The van der Waals surface area contributed by atoms with Crippen LogP contribution >= 0.6 is 23.2 Å². The van der Waals surface area contributed by atoms with Crippen LogP contribution in [0.4, 0.5) is 8.78 Å². The SMILES string of the molecule is CC(=O)CCC(=O)c1cc(Cl)ccc1OCc1ccc(F)cc1.Cc1ccc(-c2cc(Cl)ccc2OCc2ccc(F)cc2)n1-c1ccc(S(=O)(=O)NC(=O)c2ccccc2)cc1. The summed E-state index contributed by atoms with van der Waals surface area (Å²) in [6.07, 6.45) is 0.297. The summed E-state index contributed by atoms with van der Waals surface area (Å²) in [5.74, 6) is -0.613. The molecular weight excluding hydrogens is 870 g/mol. The fraction of sp³-hybridized carbons (Fsp3) is 0.122. The van der Waals surface area contributed by atoms with E-state index in [0.29, 0.717) is 32.8 Å². The summed E-state index contributed by atoms with van der Waals surface area (Å²) in [4.78, 5) is 35.6. The molecule has 6 aromatic carbocycles. The van der Waals surface area contributed by atoms with Crippen molar-refractivity contribution in [1.29, 1.82) is 0 Å². The lowest BCUT2D eigenvalue weighted by Gasteiger charge is -2.17. The van der Waals surface area contributed by atoms with Gasteiger partial charge in [-0.1, -0.05) is 65.7 Å². The van der Waals surface area contributed by atoms with E-state index in [1.807, 2.05) is 23.6 Å². The Morgan fingerprint density at radius 3 is 1.79 bits per heavy atom. The number of rotatable bonds is 15. The number of hydrogen-bond donors (Lipinski definition) is 1. The molecule has 0 unspecified atom stereocenters. The first-order chi connectivity index (χ1) is 30.2. The molecule has 63 heavy (non-hydrogen) atoms. The third-order valence-corrected chi connectivity index (χ3v) is 11.3. The Labute approximate surface area is 373 Å². The maximum atomic E-state index is 13.3. The van der Waals surface area contributed by atoms with Crippen molar-refractivity contribution in [2.45, 2.75) is 44.8 Å². The normalized spacial score (nSPS) is 11.0. The van der Waals surface area contributed by atoms with Crippen molar-refractivity contribution in [2.24, 2.45) is 0 Å². The Bertz CT molecular complexity index is 2840. The van der Waals surface area contributed by atoms with Crippen LogP contribution in [-0.2, 0) is 28.0 Å². The van der Waals surface area contributed by atoms with E-state index in [9.17, 15) is 31.6 Å². The summed E-state index contributed by atoms with van der Waals surface area (Å²) in [7, 11) is -4.08. The molecule has 0 spiro atoms. The highest BCUT2D eigenvalue weighted by molar-refractivity contribution is 7.90. The van der Waals surface area contributed by atoms with E-state index in [2.05, 4.69) is 4.72 Å². The number of Topliss-reactive ketones (excluding diaryl/α,β-unsaturated/α-hetero) is 2. The van der Waals surface area contributed by atoms with Crippen LogP contribution in [0, 0.1) is 18.6 Å². The van der Waals surface area contributed by atoms with Gasteiger partial charge in [0.2, 0.25) is 0 Å². The molecule has 7 rings (SSSR count). The maximum absolute atomic E-state index is 13.3. The second-order valence-corrected chi connectivity index (χ2v) is 16.8. The molecule has 0 aliphatic heterocycles. The first-order valence-electron chi connectivity index (χ1n) is 19.4. The van der Waals surface area contributed by atoms with Crippen molar-refractivity contribution >= 4 is 50.7 Å². The summed E-state index contributed by atoms with van der Waals surface area (Å²) in [6, 6.07) is 40.3. The number of nitrogens with zero attached hydrogens (tertiary/aromatic N) is 1. The number of halogens is 4. The van der Waals surface area contributed by atoms with E-state index in [-0.39, 0.29) is 59.7 Å². The quantitative estimate of drug-likeness (QED) is 0.102. The minimum atomic E-state index is -4.08. The first kappa shape index (κ1) is 45.9. The minimum Gasteiger partial charge on any atom is -0.488 e. The van der Waals surface area contributed by atoms with Gasteiger partial charge < -0.3 is 18.8 Å². The van der Waals surface area contributed by atoms with Crippen LogP contribution < -0.4 is 14.2 Å². The van der Waals surface area contributed by atoms with E-state index in [1.54, 1.807) is 84.9 Å². The third kappa shape index (κ3) is 12.5. The van der Waals surface area contributed by atoms with Gasteiger partial charge in [0.1, 0.15) is 42.1 Å². The fourth-order valence-electron chi connectivity index (χ4n) is 6.28. The molecule has 1 heterocycles. The van der Waals surface area contributed by atoms with Crippen molar-refractivity contribution in [1.82, 2.24) is 9.29 Å². The minimum absolute atomic E-state index is 0.0435. The van der Waals surface area contributed by atoms with E-state index in [0.717, 1.165) is 28.1 Å². The first-order valence-corrected chi connectivity index (χ1v) is 21.7. The summed E-state index contributed by atoms with van der Waals surface area (Å²) in [5.41, 5.74) is 5.29. The lowest BCUT2D eigenvalue weighted by atomic mass is 10.0. The Morgan fingerprint density at radius 1 is 0.651 bits per heavy atom. The molecule has 0 saturated heterocycles. The van der Waals surface area contributed by atoms with Crippen molar-refractivity contribution in [2.75, 3.05) is 0 Å². The zero-order valence-corrected chi connectivity index (χ0v) is 36.3. The number of sulfonamides is 1. The molecule has 1 aromatic heterocycles. The molecule has 14 heteroatoms. The second kappa shape index (κ2) is 21.0. The standard InChI is InChI=1S/C31H24ClFN2O4S.C18H16ClFO3/c1-21-7-17-29(28-19-24(32)10-18-30(28)39-20-22-8-11-25(33)12-9-22)35(21)26-13-15-27(16-14-26)40(37,38)34-31(36)23-5-3-2-4-6-23;1-12(21)2-8-17(22)16-10-14(19)5-9-18(16)23-11-13-3-6-15(20)7-4-13/h2-19H,20H2,1H3,(H,34,36);3-7,9-10H,2,8,11H2,1H3. The summed E-state index contributed by atoms with van der Waals surface area (Å²) in [6.45, 7) is 3.81. The predicted octanol–water partition coefficient (Wildman–Crippen LogP) is 11.6. The van der Waals surface area contributed by atoms with Gasteiger partial charge in [0.15, 0.2) is 5.78 Å². The van der Waals surface area contributed by atoms with Crippen molar-refractivity contribution in [3.8, 4) is 28.4 Å². The molecule has 322 valence electrons. The van der Waals surface area contributed by atoms with Gasteiger partial charge in [-0.25, -0.2) is 21.9 Å². The number of ether oxygens (including phenoxy) is 2. The van der Waals surface area contributed by atoms with Crippen LogP contribution in [0.2, 0.25) is 10.0 Å². The summed E-state index contributed by atoms with van der Waals surface area (Å²) in [5, 5.41) is 0.940. The van der Waals surface area contributed by atoms with Crippen LogP contribution in [0.5, 0.6) is 11.5 Å². The van der Waals surface area contributed by atoms with Gasteiger partial charge in [0.25, 0.3) is 15.9 Å². The van der Waals surface area contributed by atoms with Crippen LogP contribution in [0.25, 0.3) is 16.9 Å². The van der Waals surface area contributed by atoms with Gasteiger partial charge in [-0.3, -0.25) is 9.59 Å². The molecule has 0 aliphatic carbocycles. The Hall–Kier alpha value is -6.60. The second-order valence-electron chi connectivity index (χ2n) is 14.2. The van der Waals surface area contributed by atoms with Gasteiger partial charge in [-0.05, 0) is 134 Å². The van der Waals surface area contributed by atoms with Crippen molar-refractivity contribution in [3.05, 3.63) is 201 Å². The number of aromatic nitrogens is 1. The average molecular weight is 910 g/mol. The van der Waals surface area contributed by atoms with E-state index in [1.165, 1.54) is 61.5 Å². The summed E-state index contributed by atoms with van der Waals surface area (Å²) >= 11 is 12.3. The summed E-state index contributed by atoms with van der Waals surface area (Å²) < 4.78 is 67.7. The number of nitrogens with one attached hydrogen (secondary N) is 1. The van der Waals surface area contributed by atoms with Crippen molar-refractivity contribution in [3.63, 3.8) is 0 Å². The highest BCUT2D eigenvalue weighted by atomic mass is 35.5. The van der Waals surface area contributed by atoms with Crippen LogP contribution in [-0.4, -0.2) is 30.5 Å². The molecule has 0 aliphatic rings. The van der Waals surface area contributed by atoms with Crippen LogP contribution in [0.15, 0.2) is 157 Å². The molecule has 1 amide bonds. The highest BCUT2D eigenvalue weighted by Crippen LogP contribution is 2.36.